The summed E-state index contributed by atoms with van der Waals surface area (Å²) in [4.78, 5) is 34.2. The van der Waals surface area contributed by atoms with Crippen molar-refractivity contribution in [1.29, 1.82) is 0 Å². The van der Waals surface area contributed by atoms with E-state index < -0.39 is 0 Å². The number of nitrogens with zero attached hydrogens (tertiary/aromatic N) is 2. The van der Waals surface area contributed by atoms with E-state index >= 15 is 0 Å². The first-order chi connectivity index (χ1) is 18.9. The van der Waals surface area contributed by atoms with Gasteiger partial charge in [-0.1, -0.05) is 19.3 Å². The van der Waals surface area contributed by atoms with Crippen LogP contribution in [0.25, 0.3) is 0 Å². The number of ether oxygens (including phenoxy) is 1. The van der Waals surface area contributed by atoms with E-state index in [2.05, 4.69) is 46.1 Å². The molecule has 0 bridgehead atoms. The topological polar surface area (TPSA) is 77.7 Å². The van der Waals surface area contributed by atoms with Crippen LogP contribution in [0.5, 0.6) is 0 Å². The number of carbonyl (C=O) groups excluding carboxylic acids is 1. The van der Waals surface area contributed by atoms with E-state index in [1.165, 1.54) is 49.8 Å². The van der Waals surface area contributed by atoms with E-state index in [0.29, 0.717) is 23.4 Å². The summed E-state index contributed by atoms with van der Waals surface area (Å²) in [6.07, 6.45) is 7.50. The Balaban J connectivity index is 1.41. The van der Waals surface area contributed by atoms with Crippen LogP contribution in [0.1, 0.15) is 89.7 Å². The fourth-order valence-corrected chi connectivity index (χ4v) is 6.83. The molecule has 3 aliphatic rings. The summed E-state index contributed by atoms with van der Waals surface area (Å²) >= 11 is 0. The predicted octanol–water partition coefficient (Wildman–Crippen LogP) is 4.82. The van der Waals surface area contributed by atoms with Gasteiger partial charge in [-0.15, -0.1) is 0 Å². The van der Waals surface area contributed by atoms with Crippen molar-refractivity contribution in [2.75, 3.05) is 44.3 Å². The number of aromatic nitrogens is 1. The van der Waals surface area contributed by atoms with Gasteiger partial charge in [-0.25, -0.2) is 0 Å². The summed E-state index contributed by atoms with van der Waals surface area (Å²) in [7, 11) is 0. The molecule has 0 radical (unpaired) electrons. The van der Waals surface area contributed by atoms with Gasteiger partial charge in [-0.2, -0.15) is 0 Å². The van der Waals surface area contributed by atoms with E-state index in [9.17, 15) is 9.59 Å². The molecule has 2 N–H and O–H groups in total. The summed E-state index contributed by atoms with van der Waals surface area (Å²) in [6.45, 7) is 14.1. The van der Waals surface area contributed by atoms with Crippen LogP contribution in [0.2, 0.25) is 0 Å². The molecule has 1 amide bonds. The average Bonchev–Trinajstić information content (AvgIpc) is 3.69. The van der Waals surface area contributed by atoms with Crippen molar-refractivity contribution in [3.63, 3.8) is 0 Å². The van der Waals surface area contributed by atoms with Gasteiger partial charge in [0, 0.05) is 61.3 Å². The first kappa shape index (κ1) is 27.9. The lowest BCUT2D eigenvalue weighted by molar-refractivity contribution is 0.0355. The number of nitrogens with one attached hydrogen (secondary N) is 2. The number of morpholine rings is 1. The maximum atomic E-state index is 13.7. The molecule has 7 heteroatoms. The molecule has 1 saturated heterocycles. The lowest BCUT2D eigenvalue weighted by Gasteiger charge is -2.37. The van der Waals surface area contributed by atoms with Crippen molar-refractivity contribution >= 4 is 11.6 Å². The third-order valence-electron chi connectivity index (χ3n) is 9.18. The highest BCUT2D eigenvalue weighted by Crippen LogP contribution is 2.49. The molecule has 2 aliphatic carbocycles. The minimum Gasteiger partial charge on any atom is -0.379 e. The molecule has 2 aromatic rings. The van der Waals surface area contributed by atoms with Gasteiger partial charge in [0.2, 0.25) is 0 Å². The van der Waals surface area contributed by atoms with E-state index in [1.54, 1.807) is 0 Å². The molecule has 39 heavy (non-hydrogen) atoms. The molecule has 0 spiro atoms. The summed E-state index contributed by atoms with van der Waals surface area (Å²) in [6, 6.07) is 7.02. The number of hydrogen-bond acceptors (Lipinski definition) is 5. The number of carbonyl (C=O) groups is 1. The number of aromatic amines is 1. The fourth-order valence-electron chi connectivity index (χ4n) is 6.83. The smallest absolute Gasteiger partial charge is 0.253 e. The molecular formula is C32H46N4O3. The van der Waals surface area contributed by atoms with Crippen LogP contribution in [0, 0.1) is 26.7 Å². The number of hydrogen-bond donors (Lipinski definition) is 2. The number of benzene rings is 1. The van der Waals surface area contributed by atoms with Crippen LogP contribution in [0.4, 0.5) is 5.69 Å². The Morgan fingerprint density at radius 3 is 2.54 bits per heavy atom. The Kier molecular flexibility index (Phi) is 8.77. The zero-order valence-corrected chi connectivity index (χ0v) is 24.3. The molecular weight excluding hydrogens is 488 g/mol. The number of pyridine rings is 1. The monoisotopic (exact) mass is 534 g/mol. The van der Waals surface area contributed by atoms with Gasteiger partial charge < -0.3 is 19.9 Å². The number of amides is 1. The second-order valence-corrected chi connectivity index (χ2v) is 11.9. The van der Waals surface area contributed by atoms with Gasteiger partial charge in [0.25, 0.3) is 11.5 Å². The van der Waals surface area contributed by atoms with Crippen molar-refractivity contribution in [3.05, 3.63) is 62.1 Å². The summed E-state index contributed by atoms with van der Waals surface area (Å²) < 4.78 is 5.54. The summed E-state index contributed by atoms with van der Waals surface area (Å²) in [5, 5.41) is 3.08. The lowest BCUT2D eigenvalue weighted by atomic mass is 9.91. The van der Waals surface area contributed by atoms with Gasteiger partial charge in [-0.05, 0) is 93.7 Å². The van der Waals surface area contributed by atoms with Gasteiger partial charge in [0.05, 0.1) is 13.2 Å². The first-order valence-corrected chi connectivity index (χ1v) is 15.0. The van der Waals surface area contributed by atoms with Crippen molar-refractivity contribution in [2.45, 2.75) is 84.7 Å². The Morgan fingerprint density at radius 2 is 1.85 bits per heavy atom. The molecule has 1 aromatic carbocycles. The van der Waals surface area contributed by atoms with Crippen molar-refractivity contribution in [1.82, 2.24) is 15.2 Å². The zero-order valence-electron chi connectivity index (χ0n) is 24.3. The van der Waals surface area contributed by atoms with E-state index in [1.807, 2.05) is 19.9 Å². The molecule has 2 atom stereocenters. The third-order valence-corrected chi connectivity index (χ3v) is 9.18. The fraction of sp³-hybridized carbons (Fsp3) is 0.625. The maximum Gasteiger partial charge on any atom is 0.253 e. The molecule has 3 fully saturated rings. The first-order valence-electron chi connectivity index (χ1n) is 15.0. The van der Waals surface area contributed by atoms with E-state index in [0.717, 1.165) is 61.8 Å². The normalized spacial score (nSPS) is 22.1. The number of anilines is 1. The molecule has 1 aromatic heterocycles. The second kappa shape index (κ2) is 12.3. The van der Waals surface area contributed by atoms with Crippen LogP contribution in [-0.2, 0) is 11.3 Å². The van der Waals surface area contributed by atoms with Crippen LogP contribution in [0.3, 0.4) is 0 Å². The van der Waals surface area contributed by atoms with Gasteiger partial charge >= 0.3 is 0 Å². The van der Waals surface area contributed by atoms with Crippen LogP contribution < -0.4 is 15.8 Å². The highest BCUT2D eigenvalue weighted by atomic mass is 16.5. The van der Waals surface area contributed by atoms with Crippen LogP contribution in [0.15, 0.2) is 23.0 Å². The van der Waals surface area contributed by atoms with Crippen molar-refractivity contribution in [2.24, 2.45) is 5.92 Å². The number of rotatable bonds is 9. The minimum absolute atomic E-state index is 0.0972. The molecule has 1 aliphatic heterocycles. The van der Waals surface area contributed by atoms with E-state index in [-0.39, 0.29) is 18.0 Å². The molecule has 7 nitrogen and oxygen atoms in total. The average molecular weight is 535 g/mol. The molecule has 212 valence electrons. The maximum absolute atomic E-state index is 13.7. The van der Waals surface area contributed by atoms with E-state index in [4.69, 9.17) is 4.74 Å². The summed E-state index contributed by atoms with van der Waals surface area (Å²) in [5.74, 6) is 1.03. The number of aryl methyl sites for hydroxylation is 2. The Hall–Kier alpha value is -2.64. The molecule has 5 rings (SSSR count). The highest BCUT2D eigenvalue weighted by Gasteiger charge is 2.40. The highest BCUT2D eigenvalue weighted by molar-refractivity contribution is 5.97. The molecule has 2 unspecified atom stereocenters. The van der Waals surface area contributed by atoms with Gasteiger partial charge in [0.1, 0.15) is 0 Å². The third kappa shape index (κ3) is 6.41. The standard InChI is InChI=1S/C32H46N4O3/c1-5-36(26-9-7-6-8-10-26)30-18-24(28-17-25(28)20-35-11-13-39-14-12-35)16-27(23(30)4)31(37)33-19-29-21(2)15-22(3)34-32(29)38/h15-16,18,25-26,28H,5-14,17,19-20H2,1-4H3,(H,33,37)(H,34,38). The summed E-state index contributed by atoms with van der Waals surface area (Å²) in [5.41, 5.74) is 6.52. The van der Waals surface area contributed by atoms with Crippen LogP contribution in [-0.4, -0.2) is 61.2 Å². The zero-order chi connectivity index (χ0) is 27.5. The van der Waals surface area contributed by atoms with Crippen molar-refractivity contribution in [3.8, 4) is 0 Å². The quantitative estimate of drug-likeness (QED) is 0.482. The Bertz CT molecular complexity index is 1230. The van der Waals surface area contributed by atoms with Crippen molar-refractivity contribution < 1.29 is 9.53 Å². The predicted molar refractivity (Wildman–Crippen MR) is 157 cm³/mol. The van der Waals surface area contributed by atoms with Gasteiger partial charge in [0.15, 0.2) is 0 Å². The van der Waals surface area contributed by atoms with Crippen LogP contribution >= 0.6 is 0 Å². The second-order valence-electron chi connectivity index (χ2n) is 11.9. The number of H-pyrrole nitrogens is 1. The lowest BCUT2D eigenvalue weighted by Crippen LogP contribution is -2.38. The minimum atomic E-state index is -0.127. The SMILES string of the molecule is CCN(c1cc(C2CC2CN2CCOCC2)cc(C(=O)NCc2c(C)cc(C)[nH]c2=O)c1C)C1CCCCC1. The Morgan fingerprint density at radius 1 is 1.10 bits per heavy atom. The largest absolute Gasteiger partial charge is 0.379 e. The molecule has 2 saturated carbocycles. The van der Waals surface area contributed by atoms with Gasteiger partial charge in [-0.3, -0.25) is 14.5 Å². The Labute approximate surface area is 233 Å². The molecule has 2 heterocycles.